The van der Waals surface area contributed by atoms with E-state index in [1.165, 1.54) is 49.7 Å². The molecule has 0 saturated heterocycles. The van der Waals surface area contributed by atoms with Crippen molar-refractivity contribution in [1.29, 1.82) is 0 Å². The Kier molecular flexibility index (Phi) is 14.0. The van der Waals surface area contributed by atoms with Gasteiger partial charge in [0, 0.05) is 13.1 Å². The minimum Gasteiger partial charge on any atom is -0.497 e. The third-order valence-electron chi connectivity index (χ3n) is 4.91. The molecule has 0 heterocycles. The van der Waals surface area contributed by atoms with E-state index in [4.69, 9.17) is 4.74 Å². The molecule has 2 rings (SSSR count). The average Bonchev–Trinajstić information content (AvgIpc) is 2.75. The fourth-order valence-corrected chi connectivity index (χ4v) is 3.07. The number of rotatable bonds is 12. The lowest BCUT2D eigenvalue weighted by Crippen LogP contribution is -2.26. The third-order valence-corrected chi connectivity index (χ3v) is 4.91. The molecule has 0 aliphatic rings. The van der Waals surface area contributed by atoms with Gasteiger partial charge in [0.15, 0.2) is 0 Å². The zero-order valence-electron chi connectivity index (χ0n) is 18.6. The highest BCUT2D eigenvalue weighted by molar-refractivity contribution is 5.27. The largest absolute Gasteiger partial charge is 0.497 e. The van der Waals surface area contributed by atoms with Crippen LogP contribution in [-0.2, 0) is 13.0 Å². The third kappa shape index (κ3) is 11.1. The molecule has 2 aromatic rings. The van der Waals surface area contributed by atoms with Gasteiger partial charge in [-0.2, -0.15) is 0 Å². The van der Waals surface area contributed by atoms with Gasteiger partial charge in [-0.25, -0.2) is 0 Å². The van der Waals surface area contributed by atoms with Gasteiger partial charge in [0.2, 0.25) is 0 Å². The van der Waals surface area contributed by atoms with Gasteiger partial charge in [-0.3, -0.25) is 4.90 Å². The van der Waals surface area contributed by atoms with Crippen LogP contribution in [0.15, 0.2) is 54.6 Å². The summed E-state index contributed by atoms with van der Waals surface area (Å²) in [4.78, 5) is 2.55. The molecule has 0 fully saturated rings. The van der Waals surface area contributed by atoms with Crippen molar-refractivity contribution in [3.8, 4) is 5.75 Å². The molecule has 0 unspecified atom stereocenters. The van der Waals surface area contributed by atoms with Crippen molar-refractivity contribution < 1.29 is 4.74 Å². The van der Waals surface area contributed by atoms with Gasteiger partial charge in [0.05, 0.1) is 7.11 Å². The normalized spacial score (nSPS) is 10.5. The van der Waals surface area contributed by atoms with E-state index in [2.05, 4.69) is 68.1 Å². The van der Waals surface area contributed by atoms with Gasteiger partial charge in [-0.05, 0) is 42.6 Å². The van der Waals surface area contributed by atoms with Gasteiger partial charge in [0.1, 0.15) is 5.75 Å². The summed E-state index contributed by atoms with van der Waals surface area (Å²) in [7, 11) is 1.71. The molecule has 0 radical (unpaired) electrons. The molecule has 0 bridgehead atoms. The molecule has 0 saturated carbocycles. The summed E-state index contributed by atoms with van der Waals surface area (Å²) in [5.74, 6) is 0.924. The minimum atomic E-state index is 0.924. The molecule has 0 aliphatic carbocycles. The molecule has 0 N–H and O–H groups in total. The van der Waals surface area contributed by atoms with E-state index >= 15 is 0 Å². The number of benzene rings is 2. The smallest absolute Gasteiger partial charge is 0.118 e. The Morgan fingerprint density at radius 2 is 1.29 bits per heavy atom. The second-order valence-electron chi connectivity index (χ2n) is 7.42. The molecule has 0 amide bonds. The summed E-state index contributed by atoms with van der Waals surface area (Å²) in [5, 5.41) is 0. The number of methoxy groups -OCH3 is 1. The van der Waals surface area contributed by atoms with Gasteiger partial charge in [-0.15, -0.1) is 0 Å². The van der Waals surface area contributed by atoms with Crippen LogP contribution in [0.25, 0.3) is 0 Å². The van der Waals surface area contributed by atoms with Crippen LogP contribution in [0, 0.1) is 0 Å². The van der Waals surface area contributed by atoms with Crippen LogP contribution in [-0.4, -0.2) is 25.1 Å². The Morgan fingerprint density at radius 3 is 1.82 bits per heavy atom. The Balaban J connectivity index is 0.000000568. The lowest BCUT2D eigenvalue weighted by Gasteiger charge is -2.22. The second-order valence-corrected chi connectivity index (χ2v) is 7.42. The minimum absolute atomic E-state index is 0.924. The average molecular weight is 384 g/mol. The topological polar surface area (TPSA) is 12.5 Å². The van der Waals surface area contributed by atoms with Crippen molar-refractivity contribution >= 4 is 0 Å². The first-order valence-electron chi connectivity index (χ1n) is 11.1. The first-order chi connectivity index (χ1) is 13.7. The fraction of sp³-hybridized carbons (Fsp3) is 0.538. The predicted molar refractivity (Wildman–Crippen MR) is 123 cm³/mol. The second kappa shape index (κ2) is 16.2. The van der Waals surface area contributed by atoms with Crippen molar-refractivity contribution in [2.45, 2.75) is 72.3 Å². The lowest BCUT2D eigenvalue weighted by atomic mass is 10.1. The molecule has 28 heavy (non-hydrogen) atoms. The van der Waals surface area contributed by atoms with E-state index in [1.54, 1.807) is 7.11 Å². The maximum Gasteiger partial charge on any atom is 0.118 e. The maximum absolute atomic E-state index is 5.23. The quantitative estimate of drug-likeness (QED) is 0.362. The van der Waals surface area contributed by atoms with Gasteiger partial charge >= 0.3 is 0 Å². The summed E-state index contributed by atoms with van der Waals surface area (Å²) in [6.07, 6.45) is 9.14. The molecule has 2 heteroatoms. The number of hydrogen-bond donors (Lipinski definition) is 0. The van der Waals surface area contributed by atoms with Crippen molar-refractivity contribution in [3.05, 3.63) is 65.7 Å². The number of nitrogens with zero attached hydrogens (tertiary/aromatic N) is 1. The van der Waals surface area contributed by atoms with Crippen molar-refractivity contribution in [2.75, 3.05) is 20.2 Å². The lowest BCUT2D eigenvalue weighted by molar-refractivity contribution is 0.264. The summed E-state index contributed by atoms with van der Waals surface area (Å²) in [5.41, 5.74) is 2.77. The molecule has 0 atom stereocenters. The summed E-state index contributed by atoms with van der Waals surface area (Å²) < 4.78 is 5.23. The Hall–Kier alpha value is -1.80. The van der Waals surface area contributed by atoms with Crippen LogP contribution in [0.4, 0.5) is 0 Å². The Morgan fingerprint density at radius 1 is 0.679 bits per heavy atom. The Labute approximate surface area is 173 Å². The highest BCUT2D eigenvalue weighted by Crippen LogP contribution is 2.14. The van der Waals surface area contributed by atoms with Crippen LogP contribution in [0.3, 0.4) is 0 Å². The standard InChI is InChI=1S/C20H27NO.C6H14/c1-3-4-15-21(16-14-18-8-6-5-7-9-18)17-19-10-12-20(22-2)13-11-19;1-3-5-6-4-2/h5-13H,3-4,14-17H2,1-2H3;3-6H2,1-2H3. The highest BCUT2D eigenvalue weighted by atomic mass is 16.5. The molecule has 0 aromatic heterocycles. The SMILES string of the molecule is CCCCCC.CCCCN(CCc1ccccc1)Cc1ccc(OC)cc1. The molecular weight excluding hydrogens is 342 g/mol. The van der Waals surface area contributed by atoms with Crippen molar-refractivity contribution in [1.82, 2.24) is 4.90 Å². The monoisotopic (exact) mass is 383 g/mol. The van der Waals surface area contributed by atoms with Gasteiger partial charge < -0.3 is 4.74 Å². The van der Waals surface area contributed by atoms with Gasteiger partial charge in [0.25, 0.3) is 0 Å². The first-order valence-corrected chi connectivity index (χ1v) is 11.1. The first kappa shape index (κ1) is 24.2. The van der Waals surface area contributed by atoms with Crippen molar-refractivity contribution in [3.63, 3.8) is 0 Å². The van der Waals surface area contributed by atoms with E-state index in [0.29, 0.717) is 0 Å². The van der Waals surface area contributed by atoms with Crippen molar-refractivity contribution in [2.24, 2.45) is 0 Å². The van der Waals surface area contributed by atoms with E-state index in [1.807, 2.05) is 12.1 Å². The molecular formula is C26H41NO. The van der Waals surface area contributed by atoms with E-state index in [9.17, 15) is 0 Å². The molecule has 2 nitrogen and oxygen atoms in total. The highest BCUT2D eigenvalue weighted by Gasteiger charge is 2.06. The number of unbranched alkanes of at least 4 members (excludes halogenated alkanes) is 4. The fourth-order valence-electron chi connectivity index (χ4n) is 3.07. The number of ether oxygens (including phenoxy) is 1. The molecule has 156 valence electrons. The van der Waals surface area contributed by atoms with Crippen LogP contribution in [0.1, 0.15) is 70.4 Å². The van der Waals surface area contributed by atoms with Crippen LogP contribution in [0.5, 0.6) is 5.75 Å². The zero-order valence-corrected chi connectivity index (χ0v) is 18.6. The van der Waals surface area contributed by atoms with E-state index in [0.717, 1.165) is 31.8 Å². The summed E-state index contributed by atoms with van der Waals surface area (Å²) in [6.45, 7) is 10.00. The van der Waals surface area contributed by atoms with Gasteiger partial charge in [-0.1, -0.05) is 95.3 Å². The van der Waals surface area contributed by atoms with Crippen LogP contribution >= 0.6 is 0 Å². The van der Waals surface area contributed by atoms with Crippen LogP contribution in [0.2, 0.25) is 0 Å². The molecule has 0 spiro atoms. The predicted octanol–water partition coefficient (Wildman–Crippen LogP) is 7.13. The molecule has 0 aliphatic heterocycles. The van der Waals surface area contributed by atoms with E-state index < -0.39 is 0 Å². The molecule has 2 aromatic carbocycles. The Bertz CT molecular complexity index is 575. The van der Waals surface area contributed by atoms with Crippen LogP contribution < -0.4 is 4.74 Å². The maximum atomic E-state index is 5.23. The number of hydrogen-bond acceptors (Lipinski definition) is 2. The summed E-state index contributed by atoms with van der Waals surface area (Å²) >= 11 is 0. The van der Waals surface area contributed by atoms with E-state index in [-0.39, 0.29) is 0 Å². The summed E-state index contributed by atoms with van der Waals surface area (Å²) in [6, 6.07) is 19.2. The zero-order chi connectivity index (χ0) is 20.5.